The van der Waals surface area contributed by atoms with Crippen LogP contribution in [-0.2, 0) is 4.79 Å². The van der Waals surface area contributed by atoms with E-state index >= 15 is 0 Å². The molecule has 1 aromatic heterocycles. The Morgan fingerprint density at radius 1 is 1.75 bits per heavy atom. The molecule has 0 unspecified atom stereocenters. The Morgan fingerprint density at radius 3 is 3.00 bits per heavy atom. The van der Waals surface area contributed by atoms with E-state index in [-0.39, 0.29) is 11.8 Å². The largest absolute Gasteiger partial charge is 0.449 e. The molecule has 0 aromatic carbocycles. The van der Waals surface area contributed by atoms with Gasteiger partial charge in [-0.25, -0.2) is 0 Å². The average Bonchev–Trinajstić information content (AvgIpc) is 2.79. The molecule has 1 aliphatic rings. The lowest BCUT2D eigenvalue weighted by molar-refractivity contribution is -0.119. The molecule has 0 aliphatic heterocycles. The van der Waals surface area contributed by atoms with Gasteiger partial charge in [-0.3, -0.25) is 9.69 Å². The summed E-state index contributed by atoms with van der Waals surface area (Å²) in [6.45, 7) is 0. The molecule has 0 N–H and O–H groups in total. The predicted octanol–water partition coefficient (Wildman–Crippen LogP) is 1.05. The topological polar surface area (TPSA) is 46.3 Å². The second-order valence-corrected chi connectivity index (χ2v) is 3.02. The summed E-state index contributed by atoms with van der Waals surface area (Å²) < 4.78 is 4.78. The quantitative estimate of drug-likeness (QED) is 0.659. The van der Waals surface area contributed by atoms with E-state index in [1.807, 2.05) is 0 Å². The maximum Gasteiger partial charge on any atom is 0.231 e. The zero-order valence-electron chi connectivity index (χ0n) is 6.86. The lowest BCUT2D eigenvalue weighted by atomic mass is 10.3. The molecular weight excluding hydrogens is 156 g/mol. The third-order valence-corrected chi connectivity index (χ3v) is 2.02. The SMILES string of the molecule is CN(C(=O)C1CC1)c1cocn1. The number of hydrogen-bond acceptors (Lipinski definition) is 3. The van der Waals surface area contributed by atoms with Gasteiger partial charge in [0.2, 0.25) is 5.91 Å². The number of anilines is 1. The van der Waals surface area contributed by atoms with E-state index in [0.29, 0.717) is 5.82 Å². The van der Waals surface area contributed by atoms with E-state index in [4.69, 9.17) is 4.42 Å². The maximum atomic E-state index is 11.4. The zero-order chi connectivity index (χ0) is 8.55. The second-order valence-electron chi connectivity index (χ2n) is 3.02. The van der Waals surface area contributed by atoms with Crippen LogP contribution in [0, 0.1) is 5.92 Å². The van der Waals surface area contributed by atoms with Gasteiger partial charge in [0.25, 0.3) is 0 Å². The summed E-state index contributed by atoms with van der Waals surface area (Å²) in [6, 6.07) is 0. The molecule has 64 valence electrons. The number of aromatic nitrogens is 1. The minimum atomic E-state index is 0.143. The van der Waals surface area contributed by atoms with Gasteiger partial charge in [0, 0.05) is 13.0 Å². The third kappa shape index (κ3) is 1.20. The van der Waals surface area contributed by atoms with E-state index in [2.05, 4.69) is 4.98 Å². The molecule has 12 heavy (non-hydrogen) atoms. The first kappa shape index (κ1) is 7.34. The fraction of sp³-hybridized carbons (Fsp3) is 0.500. The number of carbonyl (C=O) groups is 1. The molecule has 1 heterocycles. The first-order valence-corrected chi connectivity index (χ1v) is 3.95. The fourth-order valence-corrected chi connectivity index (χ4v) is 1.09. The van der Waals surface area contributed by atoms with Crippen molar-refractivity contribution >= 4 is 11.7 Å². The highest BCUT2D eigenvalue weighted by Crippen LogP contribution is 2.31. The van der Waals surface area contributed by atoms with Gasteiger partial charge in [0.1, 0.15) is 6.26 Å². The Balaban J connectivity index is 2.08. The summed E-state index contributed by atoms with van der Waals surface area (Å²) in [5.74, 6) is 0.961. The lowest BCUT2D eigenvalue weighted by Crippen LogP contribution is -2.27. The molecule has 0 radical (unpaired) electrons. The molecule has 0 spiro atoms. The lowest BCUT2D eigenvalue weighted by Gasteiger charge is -2.11. The Hall–Kier alpha value is -1.32. The zero-order valence-corrected chi connectivity index (χ0v) is 6.86. The van der Waals surface area contributed by atoms with Crippen LogP contribution in [0.5, 0.6) is 0 Å². The summed E-state index contributed by atoms with van der Waals surface area (Å²) in [5, 5.41) is 0. The molecule has 0 bridgehead atoms. The van der Waals surface area contributed by atoms with Gasteiger partial charge < -0.3 is 4.42 Å². The Kier molecular flexibility index (Phi) is 1.60. The van der Waals surface area contributed by atoms with Crippen LogP contribution in [0.4, 0.5) is 5.82 Å². The summed E-state index contributed by atoms with van der Waals surface area (Å²) >= 11 is 0. The minimum Gasteiger partial charge on any atom is -0.449 e. The molecule has 0 saturated heterocycles. The number of oxazole rings is 1. The summed E-state index contributed by atoms with van der Waals surface area (Å²) in [5.41, 5.74) is 0. The van der Waals surface area contributed by atoms with Crippen molar-refractivity contribution in [3.8, 4) is 0 Å². The van der Waals surface area contributed by atoms with Crippen molar-refractivity contribution in [2.24, 2.45) is 5.92 Å². The van der Waals surface area contributed by atoms with Crippen LogP contribution in [0.1, 0.15) is 12.8 Å². The van der Waals surface area contributed by atoms with Crippen molar-refractivity contribution in [1.82, 2.24) is 4.98 Å². The van der Waals surface area contributed by atoms with Crippen molar-refractivity contribution in [2.75, 3.05) is 11.9 Å². The fourth-order valence-electron chi connectivity index (χ4n) is 1.09. The van der Waals surface area contributed by atoms with Gasteiger partial charge in [-0.2, -0.15) is 4.98 Å². The number of amides is 1. The van der Waals surface area contributed by atoms with E-state index < -0.39 is 0 Å². The summed E-state index contributed by atoms with van der Waals surface area (Å²) in [4.78, 5) is 16.9. The summed E-state index contributed by atoms with van der Waals surface area (Å²) in [6.07, 6.45) is 4.83. The smallest absolute Gasteiger partial charge is 0.231 e. The Labute approximate surface area is 70.2 Å². The van der Waals surface area contributed by atoms with Crippen LogP contribution in [-0.4, -0.2) is 17.9 Å². The standard InChI is InChI=1S/C8H10N2O2/c1-10(7-4-12-5-9-7)8(11)6-2-3-6/h4-6H,2-3H2,1H3. The average molecular weight is 166 g/mol. The van der Waals surface area contributed by atoms with E-state index in [9.17, 15) is 4.79 Å². The van der Waals surface area contributed by atoms with Crippen LogP contribution in [0.3, 0.4) is 0 Å². The molecule has 0 atom stereocenters. The normalized spacial score (nSPS) is 16.1. The Bertz CT molecular complexity index is 277. The Morgan fingerprint density at radius 2 is 2.50 bits per heavy atom. The van der Waals surface area contributed by atoms with Crippen molar-refractivity contribution in [2.45, 2.75) is 12.8 Å². The maximum absolute atomic E-state index is 11.4. The van der Waals surface area contributed by atoms with Crippen LogP contribution in [0.2, 0.25) is 0 Å². The van der Waals surface area contributed by atoms with Gasteiger partial charge in [0.05, 0.1) is 0 Å². The monoisotopic (exact) mass is 166 g/mol. The minimum absolute atomic E-state index is 0.143. The first-order valence-electron chi connectivity index (χ1n) is 3.95. The molecule has 1 saturated carbocycles. The number of rotatable bonds is 2. The second kappa shape index (κ2) is 2.62. The molecule has 4 nitrogen and oxygen atoms in total. The van der Waals surface area contributed by atoms with Gasteiger partial charge in [-0.05, 0) is 12.8 Å². The molecule has 4 heteroatoms. The molecule has 1 aliphatic carbocycles. The molecule has 1 aromatic rings. The van der Waals surface area contributed by atoms with Gasteiger partial charge in [-0.1, -0.05) is 0 Å². The van der Waals surface area contributed by atoms with Crippen molar-refractivity contribution in [3.05, 3.63) is 12.7 Å². The van der Waals surface area contributed by atoms with Crippen LogP contribution < -0.4 is 4.90 Å². The first-order chi connectivity index (χ1) is 5.79. The van der Waals surface area contributed by atoms with Crippen LogP contribution in [0.25, 0.3) is 0 Å². The van der Waals surface area contributed by atoms with Gasteiger partial charge >= 0.3 is 0 Å². The van der Waals surface area contributed by atoms with Gasteiger partial charge in [-0.15, -0.1) is 0 Å². The highest BCUT2D eigenvalue weighted by molar-refractivity contribution is 5.94. The van der Waals surface area contributed by atoms with Crippen molar-refractivity contribution in [3.63, 3.8) is 0 Å². The molecule has 1 amide bonds. The highest BCUT2D eigenvalue weighted by Gasteiger charge is 2.33. The van der Waals surface area contributed by atoms with Gasteiger partial charge in [0.15, 0.2) is 12.2 Å². The van der Waals surface area contributed by atoms with Crippen LogP contribution in [0.15, 0.2) is 17.1 Å². The van der Waals surface area contributed by atoms with E-state index in [1.54, 1.807) is 11.9 Å². The molecule has 2 rings (SSSR count). The van der Waals surface area contributed by atoms with Crippen molar-refractivity contribution in [1.29, 1.82) is 0 Å². The van der Waals surface area contributed by atoms with Crippen LogP contribution >= 0.6 is 0 Å². The number of carbonyl (C=O) groups excluding carboxylic acids is 1. The number of nitrogens with zero attached hydrogens (tertiary/aromatic N) is 2. The molecule has 1 fully saturated rings. The predicted molar refractivity (Wildman–Crippen MR) is 42.6 cm³/mol. The van der Waals surface area contributed by atoms with E-state index in [1.165, 1.54) is 12.7 Å². The van der Waals surface area contributed by atoms with E-state index in [0.717, 1.165) is 12.8 Å². The summed E-state index contributed by atoms with van der Waals surface area (Å²) in [7, 11) is 1.72. The highest BCUT2D eigenvalue weighted by atomic mass is 16.3. The number of hydrogen-bond donors (Lipinski definition) is 0. The third-order valence-electron chi connectivity index (χ3n) is 2.02. The van der Waals surface area contributed by atoms with Crippen molar-refractivity contribution < 1.29 is 9.21 Å². The molecular formula is C8H10N2O2.